The number of hydrogen-bond acceptors (Lipinski definition) is 8. The maximum absolute atomic E-state index is 13.8. The summed E-state index contributed by atoms with van der Waals surface area (Å²) in [5.41, 5.74) is 2.24. The average Bonchev–Trinajstić information content (AvgIpc) is 3.42. The SMILES string of the molecule is CNC(=O)c1nc(Cn2nc(C(F)(F)F)c(NC(=O)c3cc(C(N)=O)nc4cc(F)ccc34)c2C)no1. The molecular formula is C21H16F4N8O4. The first kappa shape index (κ1) is 25.2. The van der Waals surface area contributed by atoms with Crippen LogP contribution in [-0.4, -0.2) is 49.7 Å². The Bertz CT molecular complexity index is 1560. The van der Waals surface area contributed by atoms with Crippen LogP contribution in [0.1, 0.15) is 48.7 Å². The van der Waals surface area contributed by atoms with E-state index in [0.29, 0.717) is 0 Å². The number of aromatic nitrogens is 5. The fourth-order valence-corrected chi connectivity index (χ4v) is 3.40. The first-order chi connectivity index (χ1) is 17.4. The third-order valence-corrected chi connectivity index (χ3v) is 5.16. The zero-order valence-corrected chi connectivity index (χ0v) is 19.0. The van der Waals surface area contributed by atoms with Crippen molar-refractivity contribution in [2.45, 2.75) is 19.6 Å². The first-order valence-corrected chi connectivity index (χ1v) is 10.3. The number of pyridine rings is 1. The second kappa shape index (κ2) is 9.29. The number of anilines is 1. The molecule has 3 amide bonds. The predicted molar refractivity (Wildman–Crippen MR) is 117 cm³/mol. The second-order valence-electron chi connectivity index (χ2n) is 7.59. The van der Waals surface area contributed by atoms with Gasteiger partial charge < -0.3 is 20.9 Å². The zero-order chi connectivity index (χ0) is 27.1. The standard InChI is InChI=1S/C21H16F4N8O4/c1-8-15(16(21(23,24)25)31-33(8)7-14-29-20(37-32-14)19(36)27-2)30-18(35)11-6-13(17(26)34)28-12-5-9(22)3-4-10(11)12/h3-6H,7H2,1-2H3,(H2,26,34)(H,27,36)(H,30,35). The summed E-state index contributed by atoms with van der Waals surface area (Å²) < 4.78 is 60.8. The lowest BCUT2D eigenvalue weighted by molar-refractivity contribution is -0.140. The maximum atomic E-state index is 13.8. The van der Waals surface area contributed by atoms with Crippen LogP contribution >= 0.6 is 0 Å². The second-order valence-corrected chi connectivity index (χ2v) is 7.59. The van der Waals surface area contributed by atoms with Crippen molar-refractivity contribution in [1.29, 1.82) is 0 Å². The highest BCUT2D eigenvalue weighted by Gasteiger charge is 2.39. The number of halogens is 4. The molecular weight excluding hydrogens is 504 g/mol. The number of rotatable bonds is 6. The zero-order valence-electron chi connectivity index (χ0n) is 19.0. The monoisotopic (exact) mass is 520 g/mol. The van der Waals surface area contributed by atoms with E-state index >= 15 is 0 Å². The first-order valence-electron chi connectivity index (χ1n) is 10.3. The Morgan fingerprint density at radius 3 is 2.51 bits per heavy atom. The highest BCUT2D eigenvalue weighted by molar-refractivity contribution is 6.14. The largest absolute Gasteiger partial charge is 0.437 e. The lowest BCUT2D eigenvalue weighted by atomic mass is 10.1. The number of nitrogens with one attached hydrogen (secondary N) is 2. The summed E-state index contributed by atoms with van der Waals surface area (Å²) in [5, 5.41) is 11.6. The Morgan fingerprint density at radius 2 is 1.86 bits per heavy atom. The lowest BCUT2D eigenvalue weighted by Gasteiger charge is -2.11. The average molecular weight is 520 g/mol. The summed E-state index contributed by atoms with van der Waals surface area (Å²) in [6.07, 6.45) is -4.98. The number of nitrogens with zero attached hydrogens (tertiary/aromatic N) is 5. The molecule has 0 unspecified atom stereocenters. The van der Waals surface area contributed by atoms with Gasteiger partial charge in [-0.3, -0.25) is 19.1 Å². The third-order valence-electron chi connectivity index (χ3n) is 5.16. The van der Waals surface area contributed by atoms with Gasteiger partial charge in [0.2, 0.25) is 0 Å². The Hall–Kier alpha value is -4.89. The minimum absolute atomic E-state index is 0.0658. The Kier molecular flexibility index (Phi) is 6.33. The Balaban J connectivity index is 1.75. The van der Waals surface area contributed by atoms with Gasteiger partial charge in [0.25, 0.3) is 11.8 Å². The van der Waals surface area contributed by atoms with Crippen molar-refractivity contribution < 1.29 is 36.5 Å². The van der Waals surface area contributed by atoms with E-state index in [1.54, 1.807) is 0 Å². The predicted octanol–water partition coefficient (Wildman–Crippen LogP) is 2.04. The van der Waals surface area contributed by atoms with Gasteiger partial charge in [-0.1, -0.05) is 5.16 Å². The van der Waals surface area contributed by atoms with Crippen molar-refractivity contribution in [1.82, 2.24) is 30.2 Å². The molecule has 4 N–H and O–H groups in total. The van der Waals surface area contributed by atoms with E-state index in [2.05, 4.69) is 30.9 Å². The van der Waals surface area contributed by atoms with Crippen LogP contribution in [0.2, 0.25) is 0 Å². The molecule has 16 heteroatoms. The Labute approximate surface area is 203 Å². The normalized spacial score (nSPS) is 11.5. The number of hydrogen-bond donors (Lipinski definition) is 3. The molecule has 0 fully saturated rings. The van der Waals surface area contributed by atoms with Crippen LogP contribution < -0.4 is 16.4 Å². The molecule has 37 heavy (non-hydrogen) atoms. The van der Waals surface area contributed by atoms with Crippen LogP contribution in [0.5, 0.6) is 0 Å². The van der Waals surface area contributed by atoms with Crippen LogP contribution in [0, 0.1) is 12.7 Å². The molecule has 0 spiro atoms. The topological polar surface area (TPSA) is 171 Å². The molecule has 12 nitrogen and oxygen atoms in total. The van der Waals surface area contributed by atoms with E-state index in [-0.39, 0.29) is 28.0 Å². The van der Waals surface area contributed by atoms with Gasteiger partial charge in [0, 0.05) is 18.5 Å². The van der Waals surface area contributed by atoms with Crippen molar-refractivity contribution in [3.05, 3.63) is 64.4 Å². The van der Waals surface area contributed by atoms with E-state index < -0.39 is 59.2 Å². The minimum Gasteiger partial charge on any atom is -0.364 e. The quantitative estimate of drug-likeness (QED) is 0.324. The van der Waals surface area contributed by atoms with E-state index in [1.165, 1.54) is 20.0 Å². The number of alkyl halides is 3. The number of primary amides is 1. The summed E-state index contributed by atoms with van der Waals surface area (Å²) in [6.45, 7) is 0.834. The fraction of sp³-hybridized carbons (Fsp3) is 0.190. The molecule has 0 aliphatic carbocycles. The summed E-state index contributed by atoms with van der Waals surface area (Å²) in [4.78, 5) is 44.1. The highest BCUT2D eigenvalue weighted by atomic mass is 19.4. The summed E-state index contributed by atoms with van der Waals surface area (Å²) in [5.74, 6) is -4.06. The number of amides is 3. The lowest BCUT2D eigenvalue weighted by Crippen LogP contribution is -2.19. The molecule has 0 atom stereocenters. The molecule has 4 rings (SSSR count). The van der Waals surface area contributed by atoms with Crippen molar-refractivity contribution in [2.75, 3.05) is 12.4 Å². The van der Waals surface area contributed by atoms with Crippen molar-refractivity contribution in [3.63, 3.8) is 0 Å². The van der Waals surface area contributed by atoms with E-state index in [0.717, 1.165) is 22.9 Å². The summed E-state index contributed by atoms with van der Waals surface area (Å²) >= 11 is 0. The molecule has 0 aliphatic heterocycles. The van der Waals surface area contributed by atoms with Crippen LogP contribution in [-0.2, 0) is 12.7 Å². The highest BCUT2D eigenvalue weighted by Crippen LogP contribution is 2.36. The number of fused-ring (bicyclic) bond motifs is 1. The molecule has 192 valence electrons. The molecule has 3 aromatic heterocycles. The van der Waals surface area contributed by atoms with Crippen LogP contribution in [0.4, 0.5) is 23.2 Å². The molecule has 4 aromatic rings. The van der Waals surface area contributed by atoms with Crippen LogP contribution in [0.15, 0.2) is 28.8 Å². The minimum atomic E-state index is -4.98. The van der Waals surface area contributed by atoms with Crippen LogP contribution in [0.25, 0.3) is 10.9 Å². The van der Waals surface area contributed by atoms with Gasteiger partial charge in [-0.25, -0.2) is 9.37 Å². The Morgan fingerprint density at radius 1 is 1.14 bits per heavy atom. The maximum Gasteiger partial charge on any atom is 0.437 e. The molecule has 1 aromatic carbocycles. The number of nitrogens with two attached hydrogens (primary N) is 1. The smallest absolute Gasteiger partial charge is 0.364 e. The molecule has 0 radical (unpaired) electrons. The van der Waals surface area contributed by atoms with Gasteiger partial charge in [-0.05, 0) is 25.1 Å². The number of carbonyl (C=O) groups excluding carboxylic acids is 3. The van der Waals surface area contributed by atoms with Gasteiger partial charge in [-0.15, -0.1) is 0 Å². The van der Waals surface area contributed by atoms with Gasteiger partial charge >= 0.3 is 18.0 Å². The number of benzene rings is 1. The molecule has 0 bridgehead atoms. The molecule has 0 saturated carbocycles. The van der Waals surface area contributed by atoms with Crippen molar-refractivity contribution >= 4 is 34.3 Å². The van der Waals surface area contributed by atoms with Crippen LogP contribution in [0.3, 0.4) is 0 Å². The van der Waals surface area contributed by atoms with Gasteiger partial charge in [0.1, 0.15) is 18.1 Å². The molecule has 0 aliphatic rings. The number of carbonyl (C=O) groups is 3. The van der Waals surface area contributed by atoms with Gasteiger partial charge in [0.05, 0.1) is 22.5 Å². The van der Waals surface area contributed by atoms with E-state index in [1.807, 2.05) is 0 Å². The van der Waals surface area contributed by atoms with Gasteiger partial charge in [0.15, 0.2) is 11.5 Å². The molecule has 0 saturated heterocycles. The van der Waals surface area contributed by atoms with Crippen molar-refractivity contribution in [3.8, 4) is 0 Å². The summed E-state index contributed by atoms with van der Waals surface area (Å²) in [6, 6.07) is 4.15. The van der Waals surface area contributed by atoms with Gasteiger partial charge in [-0.2, -0.15) is 23.3 Å². The third kappa shape index (κ3) is 4.93. The summed E-state index contributed by atoms with van der Waals surface area (Å²) in [7, 11) is 1.32. The fourth-order valence-electron chi connectivity index (χ4n) is 3.40. The van der Waals surface area contributed by atoms with E-state index in [4.69, 9.17) is 10.3 Å². The molecule has 3 heterocycles. The van der Waals surface area contributed by atoms with Crippen molar-refractivity contribution in [2.24, 2.45) is 5.73 Å². The van der Waals surface area contributed by atoms with E-state index in [9.17, 15) is 31.9 Å².